The molecule has 0 fully saturated rings. The Morgan fingerprint density at radius 1 is 0.600 bits per heavy atom. The summed E-state index contributed by atoms with van der Waals surface area (Å²) in [5.74, 6) is 0.0305. The van der Waals surface area contributed by atoms with Crippen molar-refractivity contribution >= 4 is 10.8 Å². The van der Waals surface area contributed by atoms with E-state index < -0.39 is 0 Å². The molecule has 0 radical (unpaired) electrons. The summed E-state index contributed by atoms with van der Waals surface area (Å²) in [6, 6.07) is 12.0. The molecule has 0 heterocycles. The predicted molar refractivity (Wildman–Crippen MR) is 76.0 cm³/mol. The van der Waals surface area contributed by atoms with Crippen molar-refractivity contribution in [2.45, 2.75) is 0 Å². The first-order valence-electron chi connectivity index (χ1n) is 6.04. The standard InChI is InChI=1S/C16H12O4/c17-9-4-6-14(19)12(8-9)10-5-7-13(18)11-2-1-3-15(20)16(10)11/h1-8,17-20H. The van der Waals surface area contributed by atoms with Gasteiger partial charge in [-0.1, -0.05) is 12.1 Å². The van der Waals surface area contributed by atoms with Gasteiger partial charge < -0.3 is 20.4 Å². The highest BCUT2D eigenvalue weighted by atomic mass is 16.3. The Balaban J connectivity index is 2.43. The molecular weight excluding hydrogens is 256 g/mol. The number of rotatable bonds is 1. The van der Waals surface area contributed by atoms with E-state index in [0.29, 0.717) is 21.9 Å². The molecular formula is C16H12O4. The van der Waals surface area contributed by atoms with Crippen molar-refractivity contribution in [3.63, 3.8) is 0 Å². The van der Waals surface area contributed by atoms with Gasteiger partial charge in [0, 0.05) is 16.3 Å². The van der Waals surface area contributed by atoms with Gasteiger partial charge in [-0.25, -0.2) is 0 Å². The maximum atomic E-state index is 10.0. The molecule has 0 atom stereocenters. The SMILES string of the molecule is Oc1ccc(O)c(-c2ccc(O)c3cccc(O)c23)c1. The molecule has 0 saturated heterocycles. The molecule has 0 aliphatic carbocycles. The van der Waals surface area contributed by atoms with Crippen LogP contribution in [0.25, 0.3) is 21.9 Å². The van der Waals surface area contributed by atoms with E-state index in [2.05, 4.69) is 0 Å². The average molecular weight is 268 g/mol. The van der Waals surface area contributed by atoms with E-state index in [4.69, 9.17) is 0 Å². The number of phenolic OH excluding ortho intramolecular Hbond substituents is 4. The fourth-order valence-electron chi connectivity index (χ4n) is 2.34. The fraction of sp³-hybridized carbons (Fsp3) is 0. The van der Waals surface area contributed by atoms with Gasteiger partial charge in [-0.3, -0.25) is 0 Å². The van der Waals surface area contributed by atoms with Crippen LogP contribution in [0.1, 0.15) is 0 Å². The van der Waals surface area contributed by atoms with Crippen LogP contribution in [-0.4, -0.2) is 20.4 Å². The molecule has 0 aliphatic heterocycles. The fourth-order valence-corrected chi connectivity index (χ4v) is 2.34. The lowest BCUT2D eigenvalue weighted by molar-refractivity contribution is 0.461. The molecule has 4 heteroatoms. The Morgan fingerprint density at radius 2 is 1.35 bits per heavy atom. The molecule has 0 bridgehead atoms. The Labute approximate surface area is 114 Å². The quantitative estimate of drug-likeness (QED) is 0.510. The third-order valence-corrected chi connectivity index (χ3v) is 3.27. The first kappa shape index (κ1) is 12.2. The van der Waals surface area contributed by atoms with E-state index in [1.54, 1.807) is 18.2 Å². The van der Waals surface area contributed by atoms with Gasteiger partial charge in [0.05, 0.1) is 0 Å². The number of hydrogen-bond acceptors (Lipinski definition) is 4. The number of phenols is 4. The van der Waals surface area contributed by atoms with Crippen LogP contribution in [0.4, 0.5) is 0 Å². The summed E-state index contributed by atoms with van der Waals surface area (Å²) in [5, 5.41) is 40.3. The minimum atomic E-state index is -0.0157. The average Bonchev–Trinajstić information content (AvgIpc) is 2.43. The van der Waals surface area contributed by atoms with Gasteiger partial charge in [0.15, 0.2) is 0 Å². The van der Waals surface area contributed by atoms with Crippen molar-refractivity contribution in [2.75, 3.05) is 0 Å². The number of benzene rings is 3. The van der Waals surface area contributed by atoms with Gasteiger partial charge in [0.1, 0.15) is 23.0 Å². The molecule has 0 spiro atoms. The molecule has 0 amide bonds. The highest BCUT2D eigenvalue weighted by Gasteiger charge is 2.14. The minimum absolute atomic E-state index is 0.00357. The predicted octanol–water partition coefficient (Wildman–Crippen LogP) is 3.33. The topological polar surface area (TPSA) is 80.9 Å². The Morgan fingerprint density at radius 3 is 2.15 bits per heavy atom. The number of aromatic hydroxyl groups is 4. The number of hydrogen-bond donors (Lipinski definition) is 4. The molecule has 3 rings (SSSR count). The van der Waals surface area contributed by atoms with E-state index in [1.807, 2.05) is 0 Å². The Bertz CT molecular complexity index is 809. The van der Waals surface area contributed by atoms with Crippen LogP contribution in [0.2, 0.25) is 0 Å². The van der Waals surface area contributed by atoms with E-state index in [9.17, 15) is 20.4 Å². The molecule has 3 aromatic carbocycles. The van der Waals surface area contributed by atoms with Crippen LogP contribution in [0, 0.1) is 0 Å². The first-order valence-corrected chi connectivity index (χ1v) is 6.04. The van der Waals surface area contributed by atoms with E-state index in [0.717, 1.165) is 0 Å². The highest BCUT2D eigenvalue weighted by Crippen LogP contribution is 2.42. The third kappa shape index (κ3) is 1.78. The van der Waals surface area contributed by atoms with Crippen molar-refractivity contribution in [3.05, 3.63) is 48.5 Å². The lowest BCUT2D eigenvalue weighted by Gasteiger charge is -2.11. The lowest BCUT2D eigenvalue weighted by Crippen LogP contribution is -1.84. The van der Waals surface area contributed by atoms with Crippen LogP contribution >= 0.6 is 0 Å². The minimum Gasteiger partial charge on any atom is -0.508 e. The molecule has 20 heavy (non-hydrogen) atoms. The maximum Gasteiger partial charge on any atom is 0.124 e. The monoisotopic (exact) mass is 268 g/mol. The van der Waals surface area contributed by atoms with Gasteiger partial charge in [-0.2, -0.15) is 0 Å². The molecule has 100 valence electrons. The van der Waals surface area contributed by atoms with Crippen molar-refractivity contribution in [3.8, 4) is 34.1 Å². The Hall–Kier alpha value is -2.88. The lowest BCUT2D eigenvalue weighted by atomic mass is 9.96. The van der Waals surface area contributed by atoms with Gasteiger partial charge in [-0.15, -0.1) is 0 Å². The molecule has 0 unspecified atom stereocenters. The van der Waals surface area contributed by atoms with Gasteiger partial charge in [0.25, 0.3) is 0 Å². The number of fused-ring (bicyclic) bond motifs is 1. The van der Waals surface area contributed by atoms with Crippen molar-refractivity contribution in [1.29, 1.82) is 0 Å². The summed E-state index contributed by atoms with van der Waals surface area (Å²) >= 11 is 0. The zero-order valence-corrected chi connectivity index (χ0v) is 10.4. The van der Waals surface area contributed by atoms with Crippen LogP contribution in [0.15, 0.2) is 48.5 Å². The summed E-state index contributed by atoms with van der Waals surface area (Å²) in [5.41, 5.74) is 0.917. The van der Waals surface area contributed by atoms with Crippen molar-refractivity contribution < 1.29 is 20.4 Å². The van der Waals surface area contributed by atoms with Crippen LogP contribution in [0.5, 0.6) is 23.0 Å². The second-order valence-electron chi connectivity index (χ2n) is 4.53. The second-order valence-corrected chi connectivity index (χ2v) is 4.53. The summed E-state index contributed by atoms with van der Waals surface area (Å²) in [6.07, 6.45) is 0. The molecule has 0 saturated carbocycles. The maximum absolute atomic E-state index is 10.0. The first-order chi connectivity index (χ1) is 9.58. The second kappa shape index (κ2) is 4.35. The molecule has 3 aromatic rings. The molecule has 0 aromatic heterocycles. The summed E-state index contributed by atoms with van der Waals surface area (Å²) in [6.45, 7) is 0. The largest absolute Gasteiger partial charge is 0.508 e. The third-order valence-electron chi connectivity index (χ3n) is 3.27. The summed E-state index contributed by atoms with van der Waals surface area (Å²) in [7, 11) is 0. The van der Waals surface area contributed by atoms with Crippen LogP contribution in [-0.2, 0) is 0 Å². The van der Waals surface area contributed by atoms with Crippen molar-refractivity contribution in [2.24, 2.45) is 0 Å². The zero-order chi connectivity index (χ0) is 14.3. The van der Waals surface area contributed by atoms with Crippen LogP contribution in [0.3, 0.4) is 0 Å². The van der Waals surface area contributed by atoms with Crippen molar-refractivity contribution in [1.82, 2.24) is 0 Å². The van der Waals surface area contributed by atoms with Gasteiger partial charge in [-0.05, 0) is 42.0 Å². The Kier molecular flexibility index (Phi) is 2.64. The normalized spacial score (nSPS) is 10.8. The van der Waals surface area contributed by atoms with Gasteiger partial charge >= 0.3 is 0 Å². The van der Waals surface area contributed by atoms with Crippen LogP contribution < -0.4 is 0 Å². The van der Waals surface area contributed by atoms with E-state index in [-0.39, 0.29) is 23.0 Å². The van der Waals surface area contributed by atoms with E-state index in [1.165, 1.54) is 30.3 Å². The summed E-state index contributed by atoms with van der Waals surface area (Å²) < 4.78 is 0. The molecule has 4 N–H and O–H groups in total. The highest BCUT2D eigenvalue weighted by molar-refractivity contribution is 6.04. The summed E-state index contributed by atoms with van der Waals surface area (Å²) in [4.78, 5) is 0. The van der Waals surface area contributed by atoms with Gasteiger partial charge in [0.2, 0.25) is 0 Å². The molecule has 0 aliphatic rings. The molecule has 4 nitrogen and oxygen atoms in total. The smallest absolute Gasteiger partial charge is 0.124 e. The van der Waals surface area contributed by atoms with E-state index >= 15 is 0 Å². The zero-order valence-electron chi connectivity index (χ0n) is 10.4.